The molecule has 0 aromatic carbocycles. The normalized spacial score (nSPS) is 10.6. The molecule has 0 atom stereocenters. The van der Waals surface area contributed by atoms with Gasteiger partial charge in [-0.05, 0) is 13.3 Å². The summed E-state index contributed by atoms with van der Waals surface area (Å²) in [4.78, 5) is 8.43. The number of nitrogen functional groups attached to an aromatic ring is 1. The second-order valence-electron chi connectivity index (χ2n) is 4.12. The molecule has 1 rings (SSSR count). The van der Waals surface area contributed by atoms with Crippen molar-refractivity contribution >= 4 is 11.6 Å². The maximum Gasteiger partial charge on any atom is 0.158 e. The topological polar surface area (TPSA) is 82.3 Å². The predicted octanol–water partition coefficient (Wildman–Crippen LogP) is 1.82. The van der Waals surface area contributed by atoms with E-state index < -0.39 is 0 Å². The minimum absolute atomic E-state index is 0.378. The average molecular weight is 268 g/mol. The number of rotatable bonds is 10. The van der Waals surface area contributed by atoms with Crippen molar-refractivity contribution in [3.63, 3.8) is 0 Å². The van der Waals surface area contributed by atoms with E-state index in [0.29, 0.717) is 43.8 Å². The lowest BCUT2D eigenvalue weighted by Gasteiger charge is -2.09. The zero-order chi connectivity index (χ0) is 13.9. The SMILES string of the molecule is CCCCOCCNc1cc(N)nc(COCC)n1. The zero-order valence-electron chi connectivity index (χ0n) is 11.8. The van der Waals surface area contributed by atoms with E-state index in [4.69, 9.17) is 15.2 Å². The van der Waals surface area contributed by atoms with Gasteiger partial charge in [0.2, 0.25) is 0 Å². The van der Waals surface area contributed by atoms with Gasteiger partial charge >= 0.3 is 0 Å². The van der Waals surface area contributed by atoms with Gasteiger partial charge in [0.05, 0.1) is 6.61 Å². The summed E-state index contributed by atoms with van der Waals surface area (Å²) in [7, 11) is 0. The number of unbranched alkanes of at least 4 members (excludes halogenated alkanes) is 1. The van der Waals surface area contributed by atoms with Crippen LogP contribution in [0.5, 0.6) is 0 Å². The van der Waals surface area contributed by atoms with Crippen molar-refractivity contribution in [3.05, 3.63) is 11.9 Å². The van der Waals surface area contributed by atoms with Crippen molar-refractivity contribution in [1.29, 1.82) is 0 Å². The lowest BCUT2D eigenvalue weighted by atomic mass is 10.4. The minimum Gasteiger partial charge on any atom is -0.384 e. The van der Waals surface area contributed by atoms with Gasteiger partial charge in [0.15, 0.2) is 5.82 Å². The largest absolute Gasteiger partial charge is 0.384 e. The molecule has 19 heavy (non-hydrogen) atoms. The highest BCUT2D eigenvalue weighted by atomic mass is 16.5. The quantitative estimate of drug-likeness (QED) is 0.630. The van der Waals surface area contributed by atoms with E-state index in [9.17, 15) is 0 Å². The van der Waals surface area contributed by atoms with Gasteiger partial charge in [-0.1, -0.05) is 13.3 Å². The third-order valence-corrected chi connectivity index (χ3v) is 2.42. The standard InChI is InChI=1S/C13H24N4O2/c1-3-5-7-19-8-6-15-12-9-11(14)16-13(17-12)10-18-4-2/h9H,3-8,10H2,1-2H3,(H3,14,15,16,17). The molecular formula is C13H24N4O2. The van der Waals surface area contributed by atoms with Gasteiger partial charge in [0, 0.05) is 25.8 Å². The highest BCUT2D eigenvalue weighted by molar-refractivity contribution is 5.44. The molecule has 0 saturated heterocycles. The number of ether oxygens (including phenoxy) is 2. The van der Waals surface area contributed by atoms with Gasteiger partial charge < -0.3 is 20.5 Å². The van der Waals surface area contributed by atoms with Crippen LogP contribution >= 0.6 is 0 Å². The van der Waals surface area contributed by atoms with E-state index in [2.05, 4.69) is 22.2 Å². The van der Waals surface area contributed by atoms with Gasteiger partial charge in [-0.2, -0.15) is 0 Å². The van der Waals surface area contributed by atoms with Gasteiger partial charge in [-0.3, -0.25) is 0 Å². The Morgan fingerprint density at radius 2 is 2.05 bits per heavy atom. The summed E-state index contributed by atoms with van der Waals surface area (Å²) in [5.41, 5.74) is 5.72. The Balaban J connectivity index is 2.34. The number of hydrogen-bond donors (Lipinski definition) is 2. The molecule has 0 radical (unpaired) electrons. The van der Waals surface area contributed by atoms with Crippen molar-refractivity contribution < 1.29 is 9.47 Å². The molecule has 0 fully saturated rings. The first kappa shape index (κ1) is 15.7. The molecule has 1 aromatic rings. The van der Waals surface area contributed by atoms with Crippen molar-refractivity contribution in [3.8, 4) is 0 Å². The lowest BCUT2D eigenvalue weighted by molar-refractivity contribution is 0.128. The molecule has 108 valence electrons. The maximum atomic E-state index is 5.72. The molecule has 1 heterocycles. The Morgan fingerprint density at radius 3 is 2.79 bits per heavy atom. The van der Waals surface area contributed by atoms with Crippen molar-refractivity contribution in [2.24, 2.45) is 0 Å². The third-order valence-electron chi connectivity index (χ3n) is 2.42. The second-order valence-corrected chi connectivity index (χ2v) is 4.12. The van der Waals surface area contributed by atoms with Crippen LogP contribution in [-0.4, -0.2) is 36.3 Å². The Morgan fingerprint density at radius 1 is 1.21 bits per heavy atom. The maximum absolute atomic E-state index is 5.72. The first-order chi connectivity index (χ1) is 9.26. The highest BCUT2D eigenvalue weighted by Crippen LogP contribution is 2.08. The van der Waals surface area contributed by atoms with Gasteiger partial charge in [0.1, 0.15) is 18.2 Å². The molecule has 0 unspecified atom stereocenters. The molecule has 3 N–H and O–H groups in total. The first-order valence-electron chi connectivity index (χ1n) is 6.79. The number of anilines is 2. The summed E-state index contributed by atoms with van der Waals surface area (Å²) in [6.45, 7) is 7.25. The number of hydrogen-bond acceptors (Lipinski definition) is 6. The summed E-state index contributed by atoms with van der Waals surface area (Å²) in [5, 5.41) is 3.17. The third kappa shape index (κ3) is 6.93. The summed E-state index contributed by atoms with van der Waals surface area (Å²) in [6.07, 6.45) is 2.25. The van der Waals surface area contributed by atoms with Crippen LogP contribution in [0, 0.1) is 0 Å². The van der Waals surface area contributed by atoms with Crippen LogP contribution in [-0.2, 0) is 16.1 Å². The van der Waals surface area contributed by atoms with E-state index in [1.165, 1.54) is 0 Å². The summed E-state index contributed by atoms with van der Waals surface area (Å²) in [5.74, 6) is 1.75. The van der Waals surface area contributed by atoms with Crippen molar-refractivity contribution in [1.82, 2.24) is 9.97 Å². The molecule has 0 amide bonds. The molecule has 0 bridgehead atoms. The smallest absolute Gasteiger partial charge is 0.158 e. The Hall–Kier alpha value is -1.40. The molecule has 6 nitrogen and oxygen atoms in total. The summed E-state index contributed by atoms with van der Waals surface area (Å²) in [6, 6.07) is 1.71. The second kappa shape index (κ2) is 9.52. The van der Waals surface area contributed by atoms with Gasteiger partial charge in [-0.15, -0.1) is 0 Å². The molecule has 0 saturated carbocycles. The van der Waals surface area contributed by atoms with E-state index in [1.54, 1.807) is 6.07 Å². The van der Waals surface area contributed by atoms with E-state index >= 15 is 0 Å². The van der Waals surface area contributed by atoms with Crippen LogP contribution < -0.4 is 11.1 Å². The van der Waals surface area contributed by atoms with Crippen LogP contribution in [0.15, 0.2) is 6.07 Å². The number of nitrogens with zero attached hydrogens (tertiary/aromatic N) is 2. The van der Waals surface area contributed by atoms with E-state index in [-0.39, 0.29) is 0 Å². The van der Waals surface area contributed by atoms with E-state index in [1.807, 2.05) is 6.92 Å². The first-order valence-corrected chi connectivity index (χ1v) is 6.79. The van der Waals surface area contributed by atoms with Crippen LogP contribution in [0.1, 0.15) is 32.5 Å². The minimum atomic E-state index is 0.378. The number of aromatic nitrogens is 2. The molecule has 6 heteroatoms. The predicted molar refractivity (Wildman–Crippen MR) is 76.0 cm³/mol. The molecule has 0 aliphatic heterocycles. The van der Waals surface area contributed by atoms with Gasteiger partial charge in [-0.25, -0.2) is 9.97 Å². The highest BCUT2D eigenvalue weighted by Gasteiger charge is 2.02. The summed E-state index contributed by atoms with van der Waals surface area (Å²) < 4.78 is 10.7. The molecule has 0 spiro atoms. The fraction of sp³-hybridized carbons (Fsp3) is 0.692. The van der Waals surface area contributed by atoms with E-state index in [0.717, 1.165) is 19.4 Å². The number of nitrogens with two attached hydrogens (primary N) is 1. The van der Waals surface area contributed by atoms with Gasteiger partial charge in [0.25, 0.3) is 0 Å². The van der Waals surface area contributed by atoms with Crippen LogP contribution in [0.25, 0.3) is 0 Å². The van der Waals surface area contributed by atoms with Crippen LogP contribution in [0.4, 0.5) is 11.6 Å². The molecule has 0 aliphatic rings. The monoisotopic (exact) mass is 268 g/mol. The molecule has 0 aliphatic carbocycles. The Labute approximate surface area is 114 Å². The van der Waals surface area contributed by atoms with Crippen molar-refractivity contribution in [2.75, 3.05) is 37.4 Å². The van der Waals surface area contributed by atoms with Crippen LogP contribution in [0.2, 0.25) is 0 Å². The summed E-state index contributed by atoms with van der Waals surface area (Å²) >= 11 is 0. The molecule has 1 aromatic heterocycles. The Bertz CT molecular complexity index is 360. The average Bonchev–Trinajstić information content (AvgIpc) is 2.40. The fourth-order valence-corrected chi connectivity index (χ4v) is 1.47. The fourth-order valence-electron chi connectivity index (χ4n) is 1.47. The Kier molecular flexibility index (Phi) is 7.84. The lowest BCUT2D eigenvalue weighted by Crippen LogP contribution is -2.13. The zero-order valence-corrected chi connectivity index (χ0v) is 11.8. The number of nitrogens with one attached hydrogen (secondary N) is 1. The molecular weight excluding hydrogens is 244 g/mol. The van der Waals surface area contributed by atoms with Crippen LogP contribution in [0.3, 0.4) is 0 Å². The van der Waals surface area contributed by atoms with Crippen molar-refractivity contribution in [2.45, 2.75) is 33.3 Å².